The Labute approximate surface area is 113 Å². The van der Waals surface area contributed by atoms with Crippen molar-refractivity contribution in [1.82, 2.24) is 0 Å². The molecule has 2 aromatic rings. The zero-order valence-corrected chi connectivity index (χ0v) is 10.6. The number of hydrogen-bond acceptors (Lipinski definition) is 1. The van der Waals surface area contributed by atoms with Gasteiger partial charge in [0.05, 0.1) is 0 Å². The van der Waals surface area contributed by atoms with Crippen molar-refractivity contribution < 1.29 is 22.2 Å². The molecule has 0 atom stereocenters. The van der Waals surface area contributed by atoms with Crippen molar-refractivity contribution in [3.8, 4) is 18.1 Å². The minimum Gasteiger partial charge on any atom is -0.566 e. The van der Waals surface area contributed by atoms with E-state index in [9.17, 15) is 0 Å². The average molecular weight is 265 g/mol. The summed E-state index contributed by atoms with van der Waals surface area (Å²) in [5.74, 6) is 2.83. The molecule has 87 valence electrons. The number of terminal acetylenes is 1. The van der Waals surface area contributed by atoms with Crippen LogP contribution < -0.4 is 0 Å². The van der Waals surface area contributed by atoms with E-state index in [1.165, 1.54) is 5.56 Å². The molecule has 0 aromatic heterocycles. The topological polar surface area (TPSA) is 20.2 Å². The van der Waals surface area contributed by atoms with Gasteiger partial charge in [-0.25, -0.2) is 12.1 Å². The molecule has 2 aromatic carbocycles. The maximum atomic E-state index is 8.47. The summed E-state index contributed by atoms with van der Waals surface area (Å²) in [4.78, 5) is 0. The van der Waals surface area contributed by atoms with Gasteiger partial charge in [0, 0.05) is 5.75 Å². The van der Waals surface area contributed by atoms with E-state index in [0.29, 0.717) is 5.75 Å². The van der Waals surface area contributed by atoms with Gasteiger partial charge >= 0.3 is 17.1 Å². The maximum absolute atomic E-state index is 8.47. The Hall–Kier alpha value is -1.68. The van der Waals surface area contributed by atoms with Gasteiger partial charge in [0.2, 0.25) is 0 Å². The van der Waals surface area contributed by atoms with Gasteiger partial charge in [-0.1, -0.05) is 42.3 Å². The Morgan fingerprint density at radius 2 is 1.71 bits per heavy atom. The van der Waals surface area contributed by atoms with Crippen molar-refractivity contribution in [3.05, 3.63) is 66.6 Å². The number of hydrogen-bond donors (Lipinski definition) is 1. The quantitative estimate of drug-likeness (QED) is 0.502. The van der Waals surface area contributed by atoms with Crippen molar-refractivity contribution in [1.29, 1.82) is 0 Å². The summed E-state index contributed by atoms with van der Waals surface area (Å²) in [7, 11) is 0. The van der Waals surface area contributed by atoms with Gasteiger partial charge in [-0.3, -0.25) is 5.92 Å². The van der Waals surface area contributed by atoms with Crippen molar-refractivity contribution in [2.75, 3.05) is 0 Å². The van der Waals surface area contributed by atoms with Crippen LogP contribution in [0.25, 0.3) is 0 Å². The molecular weight excluding hydrogens is 251 g/mol. The summed E-state index contributed by atoms with van der Waals surface area (Å²) in [6.45, 7) is 0. The molecule has 1 radical (unpaired) electrons. The van der Waals surface area contributed by atoms with Crippen LogP contribution in [-0.4, -0.2) is 5.11 Å². The fourth-order valence-electron chi connectivity index (χ4n) is 1.15. The summed E-state index contributed by atoms with van der Waals surface area (Å²) in [5.41, 5.74) is 1.26. The number of rotatable bonds is 2. The van der Waals surface area contributed by atoms with Gasteiger partial charge in [-0.05, 0) is 0 Å². The fraction of sp³-hybridized carbons (Fsp3) is 0.0667. The second-order valence-corrected chi connectivity index (χ2v) is 3.20. The Kier molecular flexibility index (Phi) is 8.60. The van der Waals surface area contributed by atoms with Gasteiger partial charge in [-0.2, -0.15) is 6.42 Å². The first kappa shape index (κ1) is 15.3. The average Bonchev–Trinajstić information content (AvgIpc) is 2.80. The molecule has 1 N–H and O–H groups in total. The zero-order valence-electron chi connectivity index (χ0n) is 9.38. The zero-order chi connectivity index (χ0) is 11.6. The van der Waals surface area contributed by atoms with Gasteiger partial charge in [0.15, 0.2) is 0 Å². The SMILES string of the molecule is C#C[CH-]Cc1ccccc1.O[c-]1cccc1.[Mn+2]. The van der Waals surface area contributed by atoms with Crippen molar-refractivity contribution in [3.63, 3.8) is 0 Å². The molecule has 2 rings (SSSR count). The predicted octanol–water partition coefficient (Wildman–Crippen LogP) is 3.18. The van der Waals surface area contributed by atoms with E-state index in [1.54, 1.807) is 24.3 Å². The van der Waals surface area contributed by atoms with Crippen LogP contribution in [0, 0.1) is 18.8 Å². The third kappa shape index (κ3) is 7.25. The predicted molar refractivity (Wildman–Crippen MR) is 67.0 cm³/mol. The minimum absolute atomic E-state index is 0. The Balaban J connectivity index is 0.000000316. The first-order valence-electron chi connectivity index (χ1n) is 5.05. The summed E-state index contributed by atoms with van der Waals surface area (Å²) in [6.07, 6.45) is 7.76. The maximum Gasteiger partial charge on any atom is 2.00 e. The second-order valence-electron chi connectivity index (χ2n) is 3.20. The van der Waals surface area contributed by atoms with E-state index in [4.69, 9.17) is 11.5 Å². The molecule has 2 heteroatoms. The molecule has 0 spiro atoms. The standard InChI is InChI=1S/C10H9.C5H5O.Mn/c1-2-3-7-10-8-5-4-6-9-10;6-5-3-1-2-4-5;/h1,3-6,8-9H,7H2;1-4,6H;/q2*-1;+2. The molecule has 0 saturated heterocycles. The molecule has 1 nitrogen and oxygen atoms in total. The first-order chi connectivity index (χ1) is 7.83. The molecule has 0 aliphatic rings. The van der Waals surface area contributed by atoms with Gasteiger partial charge in [-0.15, -0.1) is 12.1 Å². The third-order valence-electron chi connectivity index (χ3n) is 1.94. The van der Waals surface area contributed by atoms with Crippen LogP contribution in [0.2, 0.25) is 0 Å². The first-order valence-corrected chi connectivity index (χ1v) is 5.05. The van der Waals surface area contributed by atoms with Gasteiger partial charge in [0.1, 0.15) is 0 Å². The van der Waals surface area contributed by atoms with E-state index in [-0.39, 0.29) is 17.1 Å². The monoisotopic (exact) mass is 265 g/mol. The van der Waals surface area contributed by atoms with Crippen molar-refractivity contribution in [2.24, 2.45) is 0 Å². The van der Waals surface area contributed by atoms with E-state index >= 15 is 0 Å². The third-order valence-corrected chi connectivity index (χ3v) is 1.94. The summed E-state index contributed by atoms with van der Waals surface area (Å²) in [5, 5.41) is 8.47. The van der Waals surface area contributed by atoms with E-state index < -0.39 is 0 Å². The molecular formula is C15H14MnO. The Morgan fingerprint density at radius 1 is 1.12 bits per heavy atom. The molecule has 0 unspecified atom stereocenters. The smallest absolute Gasteiger partial charge is 0.566 e. The summed E-state index contributed by atoms with van der Waals surface area (Å²) in [6, 6.07) is 17.0. The van der Waals surface area contributed by atoms with Crippen molar-refractivity contribution >= 4 is 0 Å². The van der Waals surface area contributed by atoms with Gasteiger partial charge < -0.3 is 11.5 Å². The summed E-state index contributed by atoms with van der Waals surface area (Å²) >= 11 is 0. The van der Waals surface area contributed by atoms with Crippen LogP contribution in [0.1, 0.15) is 5.56 Å². The minimum atomic E-state index is 0. The molecule has 0 bridgehead atoms. The number of aromatic hydroxyl groups is 1. The Bertz CT molecular complexity index is 412. The van der Waals surface area contributed by atoms with Crippen molar-refractivity contribution in [2.45, 2.75) is 6.42 Å². The molecule has 0 aliphatic heterocycles. The normalized spacial score (nSPS) is 7.94. The van der Waals surface area contributed by atoms with Crippen LogP contribution in [-0.2, 0) is 23.5 Å². The fourth-order valence-corrected chi connectivity index (χ4v) is 1.15. The molecule has 17 heavy (non-hydrogen) atoms. The molecule has 0 amide bonds. The van der Waals surface area contributed by atoms with Crippen LogP contribution in [0.5, 0.6) is 5.75 Å². The summed E-state index contributed by atoms with van der Waals surface area (Å²) < 4.78 is 0. The van der Waals surface area contributed by atoms with E-state index in [1.807, 2.05) is 24.6 Å². The van der Waals surface area contributed by atoms with Crippen LogP contribution >= 0.6 is 0 Å². The Morgan fingerprint density at radius 3 is 2.12 bits per heavy atom. The van der Waals surface area contributed by atoms with Crippen LogP contribution in [0.15, 0.2) is 54.6 Å². The largest absolute Gasteiger partial charge is 2.00 e. The van der Waals surface area contributed by atoms with Crippen LogP contribution in [0.4, 0.5) is 0 Å². The van der Waals surface area contributed by atoms with Crippen LogP contribution in [0.3, 0.4) is 0 Å². The van der Waals surface area contributed by atoms with E-state index in [0.717, 1.165) is 6.42 Å². The van der Waals surface area contributed by atoms with Gasteiger partial charge in [0.25, 0.3) is 0 Å². The molecule has 0 fully saturated rings. The number of benzene rings is 1. The second kappa shape index (κ2) is 9.54. The van der Waals surface area contributed by atoms with E-state index in [2.05, 4.69) is 18.1 Å². The molecule has 0 saturated carbocycles. The molecule has 0 aliphatic carbocycles. The molecule has 0 heterocycles.